The first-order valence-corrected chi connectivity index (χ1v) is 5.72. The Morgan fingerprint density at radius 1 is 1.38 bits per heavy atom. The van der Waals surface area contributed by atoms with Crippen LogP contribution in [0.2, 0.25) is 0 Å². The second-order valence-corrected chi connectivity index (χ2v) is 4.43. The van der Waals surface area contributed by atoms with Crippen molar-refractivity contribution in [1.82, 2.24) is 4.90 Å². The quantitative estimate of drug-likeness (QED) is 0.648. The van der Waals surface area contributed by atoms with Gasteiger partial charge in [0.15, 0.2) is 0 Å². The number of hydrogen-bond donors (Lipinski definition) is 0. The van der Waals surface area contributed by atoms with Gasteiger partial charge in [-0.15, -0.1) is 0 Å². The van der Waals surface area contributed by atoms with E-state index in [1.54, 1.807) is 0 Å². The first-order valence-electron chi connectivity index (χ1n) is 5.72. The van der Waals surface area contributed by atoms with Crippen LogP contribution in [-0.4, -0.2) is 37.2 Å². The van der Waals surface area contributed by atoms with E-state index in [0.717, 1.165) is 25.2 Å². The van der Waals surface area contributed by atoms with Crippen molar-refractivity contribution in [2.45, 2.75) is 38.6 Å². The zero-order valence-electron chi connectivity index (χ0n) is 8.67. The number of piperidine rings is 1. The number of ether oxygens (including phenoxy) is 1. The van der Waals surface area contributed by atoms with Crippen LogP contribution >= 0.6 is 0 Å². The molecule has 0 aromatic carbocycles. The molecule has 0 saturated carbocycles. The van der Waals surface area contributed by atoms with Gasteiger partial charge in [0.1, 0.15) is 0 Å². The molecule has 2 aliphatic rings. The zero-order valence-corrected chi connectivity index (χ0v) is 8.67. The molecule has 0 bridgehead atoms. The summed E-state index contributed by atoms with van der Waals surface area (Å²) in [4.78, 5) is 2.66. The average Bonchev–Trinajstić information content (AvgIpc) is 2.71. The third-order valence-electron chi connectivity index (χ3n) is 3.55. The van der Waals surface area contributed by atoms with Crippen LogP contribution in [0.25, 0.3) is 0 Å². The second kappa shape index (κ2) is 4.43. The Labute approximate surface area is 81.3 Å². The molecule has 2 atom stereocenters. The lowest BCUT2D eigenvalue weighted by molar-refractivity contribution is 0.102. The van der Waals surface area contributed by atoms with Crippen LogP contribution in [0.3, 0.4) is 0 Å². The highest BCUT2D eigenvalue weighted by Gasteiger charge is 2.27. The van der Waals surface area contributed by atoms with Crippen molar-refractivity contribution < 1.29 is 4.74 Å². The van der Waals surface area contributed by atoms with Gasteiger partial charge < -0.3 is 4.74 Å². The predicted molar refractivity (Wildman–Crippen MR) is 53.8 cm³/mol. The molecule has 2 aliphatic heterocycles. The lowest BCUT2D eigenvalue weighted by Gasteiger charge is -2.35. The summed E-state index contributed by atoms with van der Waals surface area (Å²) in [5.41, 5.74) is 0. The van der Waals surface area contributed by atoms with Gasteiger partial charge >= 0.3 is 0 Å². The van der Waals surface area contributed by atoms with Crippen molar-refractivity contribution in [2.75, 3.05) is 26.3 Å². The molecular weight excluding hydrogens is 162 g/mol. The van der Waals surface area contributed by atoms with Crippen LogP contribution in [0.1, 0.15) is 32.6 Å². The van der Waals surface area contributed by atoms with Gasteiger partial charge in [-0.05, 0) is 31.7 Å². The summed E-state index contributed by atoms with van der Waals surface area (Å²) in [5.74, 6) is 0.953. The normalized spacial score (nSPS) is 36.7. The maximum atomic E-state index is 5.44. The first kappa shape index (κ1) is 9.47. The average molecular weight is 183 g/mol. The van der Waals surface area contributed by atoms with E-state index in [-0.39, 0.29) is 0 Å². The Hall–Kier alpha value is -0.0800. The van der Waals surface area contributed by atoms with Crippen LogP contribution in [0.5, 0.6) is 0 Å². The fourth-order valence-corrected chi connectivity index (χ4v) is 2.57. The fraction of sp³-hybridized carbons (Fsp3) is 1.00. The molecule has 2 saturated heterocycles. The maximum absolute atomic E-state index is 5.44. The number of likely N-dealkylation sites (tertiary alicyclic amines) is 1. The highest BCUT2D eigenvalue weighted by atomic mass is 16.5. The summed E-state index contributed by atoms with van der Waals surface area (Å²) >= 11 is 0. The standard InChI is InChI=1S/C11H21NO/c1-2-10-4-3-6-12(8-10)11-5-7-13-9-11/h10-11H,2-9H2,1H3. The molecule has 2 rings (SSSR count). The summed E-state index contributed by atoms with van der Waals surface area (Å²) in [6, 6.07) is 0.745. The SMILES string of the molecule is CCC1CCCN(C2CCOC2)C1. The summed E-state index contributed by atoms with van der Waals surface area (Å²) in [6.45, 7) is 6.92. The number of hydrogen-bond acceptors (Lipinski definition) is 2. The predicted octanol–water partition coefficient (Wildman–Crippen LogP) is 1.90. The molecule has 13 heavy (non-hydrogen) atoms. The van der Waals surface area contributed by atoms with Gasteiger partial charge in [0.2, 0.25) is 0 Å². The largest absolute Gasteiger partial charge is 0.380 e. The molecule has 0 aromatic rings. The molecule has 0 amide bonds. The molecule has 0 aromatic heterocycles. The lowest BCUT2D eigenvalue weighted by atomic mass is 9.94. The maximum Gasteiger partial charge on any atom is 0.0622 e. The van der Waals surface area contributed by atoms with Crippen molar-refractivity contribution in [3.8, 4) is 0 Å². The van der Waals surface area contributed by atoms with E-state index in [1.807, 2.05) is 0 Å². The van der Waals surface area contributed by atoms with Crippen LogP contribution < -0.4 is 0 Å². The van der Waals surface area contributed by atoms with Gasteiger partial charge in [0, 0.05) is 19.2 Å². The van der Waals surface area contributed by atoms with Crippen LogP contribution in [0.15, 0.2) is 0 Å². The van der Waals surface area contributed by atoms with Gasteiger partial charge in [0.05, 0.1) is 6.61 Å². The highest BCUT2D eigenvalue weighted by Crippen LogP contribution is 2.23. The third kappa shape index (κ3) is 2.23. The molecule has 0 N–H and O–H groups in total. The van der Waals surface area contributed by atoms with Crippen LogP contribution in [0, 0.1) is 5.92 Å². The Morgan fingerprint density at radius 3 is 3.00 bits per heavy atom. The Kier molecular flexibility index (Phi) is 3.23. The van der Waals surface area contributed by atoms with Gasteiger partial charge in [-0.3, -0.25) is 4.90 Å². The Morgan fingerprint density at radius 2 is 2.31 bits per heavy atom. The fourth-order valence-electron chi connectivity index (χ4n) is 2.57. The smallest absolute Gasteiger partial charge is 0.0622 e. The van der Waals surface area contributed by atoms with Crippen molar-refractivity contribution in [2.24, 2.45) is 5.92 Å². The minimum atomic E-state index is 0.745. The Bertz CT molecular complexity index is 154. The van der Waals surface area contributed by atoms with Gasteiger partial charge in [-0.2, -0.15) is 0 Å². The molecule has 2 fully saturated rings. The molecule has 76 valence electrons. The highest BCUT2D eigenvalue weighted by molar-refractivity contribution is 4.80. The summed E-state index contributed by atoms with van der Waals surface area (Å²) in [5, 5.41) is 0. The topological polar surface area (TPSA) is 12.5 Å². The van der Waals surface area contributed by atoms with Gasteiger partial charge in [-0.25, -0.2) is 0 Å². The van der Waals surface area contributed by atoms with Gasteiger partial charge in [0.25, 0.3) is 0 Å². The van der Waals surface area contributed by atoms with Crippen molar-refractivity contribution in [3.63, 3.8) is 0 Å². The second-order valence-electron chi connectivity index (χ2n) is 4.43. The zero-order chi connectivity index (χ0) is 9.10. The molecule has 2 unspecified atom stereocenters. The van der Waals surface area contributed by atoms with Crippen molar-refractivity contribution in [3.05, 3.63) is 0 Å². The lowest BCUT2D eigenvalue weighted by Crippen LogP contribution is -2.42. The molecular formula is C11H21NO. The number of rotatable bonds is 2. The Balaban J connectivity index is 1.84. The van der Waals surface area contributed by atoms with Crippen LogP contribution in [-0.2, 0) is 4.74 Å². The minimum Gasteiger partial charge on any atom is -0.380 e. The number of nitrogens with zero attached hydrogens (tertiary/aromatic N) is 1. The van der Waals surface area contributed by atoms with E-state index in [1.165, 1.54) is 38.8 Å². The molecule has 0 aliphatic carbocycles. The van der Waals surface area contributed by atoms with E-state index in [2.05, 4.69) is 11.8 Å². The summed E-state index contributed by atoms with van der Waals surface area (Å²) < 4.78 is 5.44. The molecule has 0 radical (unpaired) electrons. The van der Waals surface area contributed by atoms with E-state index >= 15 is 0 Å². The summed E-state index contributed by atoms with van der Waals surface area (Å²) in [6.07, 6.45) is 5.45. The van der Waals surface area contributed by atoms with E-state index in [4.69, 9.17) is 4.74 Å². The molecule has 2 heteroatoms. The third-order valence-corrected chi connectivity index (χ3v) is 3.55. The van der Waals surface area contributed by atoms with E-state index < -0.39 is 0 Å². The molecule has 0 spiro atoms. The van der Waals surface area contributed by atoms with Gasteiger partial charge in [-0.1, -0.05) is 13.3 Å². The molecule has 2 nitrogen and oxygen atoms in total. The van der Waals surface area contributed by atoms with Crippen LogP contribution in [0.4, 0.5) is 0 Å². The van der Waals surface area contributed by atoms with E-state index in [0.29, 0.717) is 0 Å². The van der Waals surface area contributed by atoms with Crippen molar-refractivity contribution >= 4 is 0 Å². The first-order chi connectivity index (χ1) is 6.40. The van der Waals surface area contributed by atoms with Crippen molar-refractivity contribution in [1.29, 1.82) is 0 Å². The monoisotopic (exact) mass is 183 g/mol. The molecule has 2 heterocycles. The van der Waals surface area contributed by atoms with E-state index in [9.17, 15) is 0 Å². The summed E-state index contributed by atoms with van der Waals surface area (Å²) in [7, 11) is 0. The minimum absolute atomic E-state index is 0.745.